The van der Waals surface area contributed by atoms with Gasteiger partial charge < -0.3 is 5.32 Å². The molecule has 1 aromatic carbocycles. The van der Waals surface area contributed by atoms with Crippen molar-refractivity contribution >= 4 is 57.3 Å². The average Bonchev–Trinajstić information content (AvgIpc) is 3.17. The molecule has 2 aromatic heterocycles. The molecule has 0 aliphatic rings. The summed E-state index contributed by atoms with van der Waals surface area (Å²) in [7, 11) is 0. The maximum atomic E-state index is 12.8. The first-order chi connectivity index (χ1) is 14.4. The highest BCUT2D eigenvalue weighted by Gasteiger charge is 2.15. The first-order valence-corrected chi connectivity index (χ1v) is 11.4. The molecule has 0 saturated carbocycles. The Labute approximate surface area is 187 Å². The normalized spacial score (nSPS) is 10.9. The van der Waals surface area contributed by atoms with Crippen LogP contribution < -0.4 is 10.9 Å². The molecule has 0 fully saturated rings. The number of allylic oxidation sites excluding steroid dienone is 1. The van der Waals surface area contributed by atoms with E-state index in [0.29, 0.717) is 45.5 Å². The van der Waals surface area contributed by atoms with Gasteiger partial charge in [0.15, 0.2) is 10.9 Å². The van der Waals surface area contributed by atoms with E-state index in [0.717, 1.165) is 4.88 Å². The summed E-state index contributed by atoms with van der Waals surface area (Å²) in [6.45, 7) is 6.01. The Morgan fingerprint density at radius 3 is 2.87 bits per heavy atom. The van der Waals surface area contributed by atoms with Crippen molar-refractivity contribution in [2.45, 2.75) is 25.0 Å². The van der Waals surface area contributed by atoms with Crippen molar-refractivity contribution in [3.05, 3.63) is 68.1 Å². The van der Waals surface area contributed by atoms with Gasteiger partial charge in [0.2, 0.25) is 5.91 Å². The van der Waals surface area contributed by atoms with Crippen molar-refractivity contribution < 1.29 is 9.59 Å². The van der Waals surface area contributed by atoms with E-state index in [1.807, 2.05) is 6.07 Å². The van der Waals surface area contributed by atoms with Crippen LogP contribution in [0.5, 0.6) is 0 Å². The third kappa shape index (κ3) is 5.38. The number of halogens is 1. The number of hydrogen-bond acceptors (Lipinski definition) is 6. The van der Waals surface area contributed by atoms with Gasteiger partial charge in [-0.15, -0.1) is 17.9 Å². The van der Waals surface area contributed by atoms with Crippen molar-refractivity contribution in [2.75, 3.05) is 12.3 Å². The topological polar surface area (TPSA) is 81.1 Å². The molecule has 3 aromatic rings. The highest BCUT2D eigenvalue weighted by Crippen LogP contribution is 2.23. The van der Waals surface area contributed by atoms with Crippen LogP contribution in [0.2, 0.25) is 5.02 Å². The molecular weight excluding hydrogens is 442 g/mol. The Balaban J connectivity index is 1.76. The largest absolute Gasteiger partial charge is 0.356 e. The Hall–Kier alpha value is -2.42. The summed E-state index contributed by atoms with van der Waals surface area (Å²) < 4.78 is 1.51. The van der Waals surface area contributed by atoms with E-state index in [4.69, 9.17) is 11.6 Å². The van der Waals surface area contributed by atoms with Gasteiger partial charge in [0, 0.05) is 29.9 Å². The highest BCUT2D eigenvalue weighted by atomic mass is 35.5. The van der Waals surface area contributed by atoms with Crippen molar-refractivity contribution in [1.29, 1.82) is 0 Å². The lowest BCUT2D eigenvalue weighted by Crippen LogP contribution is -2.23. The van der Waals surface area contributed by atoms with Gasteiger partial charge in [0.25, 0.3) is 5.56 Å². The molecule has 1 amide bonds. The van der Waals surface area contributed by atoms with Crippen LogP contribution in [0.3, 0.4) is 0 Å². The number of Topliss-reactive ketones (excluding diaryl/α,β-unsaturated/α-hetero) is 1. The Kier molecular flexibility index (Phi) is 7.47. The summed E-state index contributed by atoms with van der Waals surface area (Å²) >= 11 is 8.67. The second-order valence-corrected chi connectivity index (χ2v) is 9.02. The molecule has 30 heavy (non-hydrogen) atoms. The van der Waals surface area contributed by atoms with Gasteiger partial charge >= 0.3 is 0 Å². The number of carbonyl (C=O) groups excluding carboxylic acids is 2. The SMILES string of the molecule is C=CCn1c(SCC(=O)c2ccc(CCNC(C)=O)s2)nc2cc(Cl)ccc2c1=O. The lowest BCUT2D eigenvalue weighted by molar-refractivity contribution is -0.118. The van der Waals surface area contributed by atoms with E-state index < -0.39 is 0 Å². The summed E-state index contributed by atoms with van der Waals surface area (Å²) in [6.07, 6.45) is 2.30. The number of thiophene rings is 1. The maximum absolute atomic E-state index is 12.8. The molecule has 0 atom stereocenters. The van der Waals surface area contributed by atoms with Crippen LogP contribution >= 0.6 is 34.7 Å². The molecule has 6 nitrogen and oxygen atoms in total. The van der Waals surface area contributed by atoms with Crippen molar-refractivity contribution in [1.82, 2.24) is 14.9 Å². The zero-order valence-corrected chi connectivity index (χ0v) is 18.7. The molecule has 0 aliphatic heterocycles. The number of thioether (sulfide) groups is 1. The Morgan fingerprint density at radius 2 is 2.13 bits per heavy atom. The summed E-state index contributed by atoms with van der Waals surface area (Å²) in [6, 6.07) is 8.64. The third-order valence-corrected chi connectivity index (χ3v) is 6.61. The quantitative estimate of drug-likeness (QED) is 0.226. The van der Waals surface area contributed by atoms with Crippen molar-refractivity contribution in [3.63, 3.8) is 0 Å². The van der Waals surface area contributed by atoms with Gasteiger partial charge in [0.05, 0.1) is 21.5 Å². The molecule has 3 rings (SSSR count). The molecule has 0 bridgehead atoms. The predicted molar refractivity (Wildman–Crippen MR) is 123 cm³/mol. The monoisotopic (exact) mass is 461 g/mol. The number of rotatable bonds is 9. The number of fused-ring (bicyclic) bond motifs is 1. The minimum Gasteiger partial charge on any atom is -0.356 e. The fourth-order valence-corrected chi connectivity index (χ4v) is 4.89. The molecule has 1 N–H and O–H groups in total. The summed E-state index contributed by atoms with van der Waals surface area (Å²) in [5.74, 6) is 0.0387. The minimum atomic E-state index is -0.192. The molecule has 0 aliphatic carbocycles. The zero-order valence-electron chi connectivity index (χ0n) is 16.3. The standard InChI is InChI=1S/C21H20ClN3O3S2/c1-3-10-25-20(28)16-6-4-14(22)11-17(16)24-21(25)29-12-18(27)19-7-5-15(30-19)8-9-23-13(2)26/h3-7,11H,1,8-10,12H2,2H3,(H,23,26). The van der Waals surface area contributed by atoms with Crippen LogP contribution in [-0.2, 0) is 17.8 Å². The van der Waals surface area contributed by atoms with E-state index in [1.165, 1.54) is 34.6 Å². The van der Waals surface area contributed by atoms with E-state index in [2.05, 4.69) is 16.9 Å². The van der Waals surface area contributed by atoms with Crippen LogP contribution in [0, 0.1) is 0 Å². The Morgan fingerprint density at radius 1 is 1.33 bits per heavy atom. The van der Waals surface area contributed by atoms with Crippen LogP contribution in [0.4, 0.5) is 0 Å². The lowest BCUT2D eigenvalue weighted by atomic mass is 10.2. The first-order valence-electron chi connectivity index (χ1n) is 9.19. The second-order valence-electron chi connectivity index (χ2n) is 6.47. The first kappa shape index (κ1) is 22.3. The lowest BCUT2D eigenvalue weighted by Gasteiger charge is -2.11. The molecule has 9 heteroatoms. The number of amides is 1. The zero-order chi connectivity index (χ0) is 21.7. The molecular formula is C21H20ClN3O3S2. The van der Waals surface area contributed by atoms with E-state index >= 15 is 0 Å². The fourth-order valence-electron chi connectivity index (χ4n) is 2.80. The van der Waals surface area contributed by atoms with E-state index in [9.17, 15) is 14.4 Å². The summed E-state index contributed by atoms with van der Waals surface area (Å²) in [5, 5.41) is 4.16. The highest BCUT2D eigenvalue weighted by molar-refractivity contribution is 7.99. The van der Waals surface area contributed by atoms with Gasteiger partial charge in [-0.3, -0.25) is 19.0 Å². The fraction of sp³-hybridized carbons (Fsp3) is 0.238. The van der Waals surface area contributed by atoms with Gasteiger partial charge in [-0.05, 0) is 36.8 Å². The number of hydrogen-bond donors (Lipinski definition) is 1. The number of aromatic nitrogens is 2. The van der Waals surface area contributed by atoms with Crippen molar-refractivity contribution in [2.24, 2.45) is 0 Å². The van der Waals surface area contributed by atoms with Gasteiger partial charge in [0.1, 0.15) is 0 Å². The molecule has 0 saturated heterocycles. The number of nitrogens with one attached hydrogen (secondary N) is 1. The molecule has 2 heterocycles. The van der Waals surface area contributed by atoms with Gasteiger partial charge in [-0.2, -0.15) is 0 Å². The van der Waals surface area contributed by atoms with Crippen LogP contribution in [0.1, 0.15) is 21.5 Å². The Bertz CT molecular complexity index is 1170. The molecule has 0 unspecified atom stereocenters. The predicted octanol–water partition coefficient (Wildman–Crippen LogP) is 3.95. The van der Waals surface area contributed by atoms with Crippen LogP contribution in [-0.4, -0.2) is 33.5 Å². The molecule has 0 spiro atoms. The average molecular weight is 462 g/mol. The van der Waals surface area contributed by atoms with Crippen molar-refractivity contribution in [3.8, 4) is 0 Å². The molecule has 156 valence electrons. The van der Waals surface area contributed by atoms with Gasteiger partial charge in [-0.25, -0.2) is 4.98 Å². The second kappa shape index (κ2) is 10.1. The summed E-state index contributed by atoms with van der Waals surface area (Å²) in [5.41, 5.74) is 0.307. The number of carbonyl (C=O) groups is 2. The maximum Gasteiger partial charge on any atom is 0.262 e. The smallest absolute Gasteiger partial charge is 0.262 e. The minimum absolute atomic E-state index is 0.0404. The third-order valence-electron chi connectivity index (χ3n) is 4.21. The number of nitrogens with zero attached hydrogens (tertiary/aromatic N) is 2. The molecule has 0 radical (unpaired) electrons. The van der Waals surface area contributed by atoms with E-state index in [1.54, 1.807) is 30.3 Å². The van der Waals surface area contributed by atoms with Crippen LogP contribution in [0.15, 0.2) is 52.9 Å². The number of ketones is 1. The number of benzene rings is 1. The van der Waals surface area contributed by atoms with E-state index in [-0.39, 0.29) is 23.0 Å². The summed E-state index contributed by atoms with van der Waals surface area (Å²) in [4.78, 5) is 42.6. The van der Waals surface area contributed by atoms with Gasteiger partial charge in [-0.1, -0.05) is 29.4 Å². The van der Waals surface area contributed by atoms with Crippen LogP contribution in [0.25, 0.3) is 10.9 Å².